The highest BCUT2D eigenvalue weighted by Crippen LogP contribution is 2.30. The predicted octanol–water partition coefficient (Wildman–Crippen LogP) is 1.92. The van der Waals surface area contributed by atoms with E-state index in [9.17, 15) is 18.0 Å². The summed E-state index contributed by atoms with van der Waals surface area (Å²) in [6, 6.07) is 3.44. The van der Waals surface area contributed by atoms with Gasteiger partial charge in [0, 0.05) is 30.4 Å². The lowest BCUT2D eigenvalue weighted by Gasteiger charge is -2.27. The molecule has 1 aliphatic carbocycles. The van der Waals surface area contributed by atoms with Gasteiger partial charge in [0.2, 0.25) is 0 Å². The van der Waals surface area contributed by atoms with Crippen molar-refractivity contribution in [3.05, 3.63) is 23.9 Å². The Balaban J connectivity index is 1.72. The fourth-order valence-corrected chi connectivity index (χ4v) is 3.80. The predicted molar refractivity (Wildman–Crippen MR) is 106 cm³/mol. The van der Waals surface area contributed by atoms with Gasteiger partial charge in [-0.15, -0.1) is 0 Å². The zero-order valence-corrected chi connectivity index (χ0v) is 17.5. The molecule has 9 heteroatoms. The Bertz CT molecular complexity index is 959. The molecule has 2 atom stereocenters. The molecule has 2 fully saturated rings. The van der Waals surface area contributed by atoms with Gasteiger partial charge in [-0.1, -0.05) is 11.8 Å². The minimum atomic E-state index is -3.80. The Morgan fingerprint density at radius 2 is 2.14 bits per heavy atom. The molecule has 0 N–H and O–H groups in total. The quantitative estimate of drug-likeness (QED) is 0.512. The molecule has 1 saturated carbocycles. The fraction of sp³-hybridized carbons (Fsp3) is 0.550. The Morgan fingerprint density at radius 1 is 1.41 bits per heavy atom. The molecule has 1 aromatic rings. The number of pyridine rings is 1. The highest BCUT2D eigenvalue weighted by Gasteiger charge is 2.49. The van der Waals surface area contributed by atoms with Gasteiger partial charge in [-0.25, -0.2) is 18.2 Å². The Morgan fingerprint density at radius 3 is 2.69 bits per heavy atom. The maximum atomic E-state index is 12.3. The van der Waals surface area contributed by atoms with E-state index in [1.54, 1.807) is 25.3 Å². The van der Waals surface area contributed by atoms with Crippen LogP contribution in [0.15, 0.2) is 18.3 Å². The third kappa shape index (κ3) is 4.70. The van der Waals surface area contributed by atoms with Crippen LogP contribution in [0.3, 0.4) is 0 Å². The summed E-state index contributed by atoms with van der Waals surface area (Å²) in [7, 11) is -3.80. The topological polar surface area (TPSA) is 103 Å². The number of hydrogen-bond donors (Lipinski definition) is 0. The molecule has 3 rings (SSSR count). The summed E-state index contributed by atoms with van der Waals surface area (Å²) in [6.07, 6.45) is 3.21. The van der Waals surface area contributed by atoms with Crippen molar-refractivity contribution in [3.8, 4) is 11.8 Å². The van der Waals surface area contributed by atoms with E-state index in [0.29, 0.717) is 11.7 Å². The van der Waals surface area contributed by atoms with E-state index in [-0.39, 0.29) is 19.6 Å². The van der Waals surface area contributed by atoms with E-state index < -0.39 is 32.8 Å². The number of anilines is 1. The second-order valence-corrected chi connectivity index (χ2v) is 9.94. The smallest absolute Gasteiger partial charge is 0.415 e. The maximum Gasteiger partial charge on any atom is 0.415 e. The molecule has 1 aliphatic heterocycles. The Hall–Kier alpha value is -2.60. The molecule has 0 aromatic carbocycles. The molecular weight excluding hydrogens is 396 g/mol. The highest BCUT2D eigenvalue weighted by molar-refractivity contribution is 7.92. The van der Waals surface area contributed by atoms with Crippen LogP contribution < -0.4 is 4.90 Å². The van der Waals surface area contributed by atoms with E-state index in [2.05, 4.69) is 16.8 Å². The first-order valence-corrected chi connectivity index (χ1v) is 11.4. The average molecular weight is 420 g/mol. The zero-order chi connectivity index (χ0) is 21.2. The second-order valence-electron chi connectivity index (χ2n) is 7.49. The van der Waals surface area contributed by atoms with Gasteiger partial charge in [0.1, 0.15) is 11.9 Å². The van der Waals surface area contributed by atoms with Crippen LogP contribution in [0.2, 0.25) is 0 Å². The molecule has 2 aliphatic rings. The summed E-state index contributed by atoms with van der Waals surface area (Å²) >= 11 is 0. The molecule has 2 heterocycles. The van der Waals surface area contributed by atoms with E-state index in [1.165, 1.54) is 11.8 Å². The van der Waals surface area contributed by atoms with Crippen LogP contribution in [-0.2, 0) is 24.1 Å². The van der Waals surface area contributed by atoms with Crippen molar-refractivity contribution in [3.63, 3.8) is 0 Å². The standard InChI is InChI=1S/C20H24N2O6S/c1-4-27-18(23)20(2,29(3,25)26)11-16-13-22(19(24)28-16)17-10-9-15(12-21-17)8-7-14-5-6-14/h9-10,12,14,16H,4-6,11,13H2,1-3H3/t16-,20?/m0/s1. The van der Waals surface area contributed by atoms with Gasteiger partial charge in [0.15, 0.2) is 14.6 Å². The number of carbonyl (C=O) groups excluding carboxylic acids is 2. The molecule has 8 nitrogen and oxygen atoms in total. The zero-order valence-electron chi connectivity index (χ0n) is 16.7. The van der Waals surface area contributed by atoms with Crippen LogP contribution in [0.4, 0.5) is 10.6 Å². The third-order valence-corrected chi connectivity index (χ3v) is 7.01. The van der Waals surface area contributed by atoms with Crippen LogP contribution in [0.25, 0.3) is 0 Å². The lowest BCUT2D eigenvalue weighted by Crippen LogP contribution is -2.47. The van der Waals surface area contributed by atoms with Crippen LogP contribution in [0.5, 0.6) is 0 Å². The van der Waals surface area contributed by atoms with Crippen molar-refractivity contribution in [2.24, 2.45) is 5.92 Å². The van der Waals surface area contributed by atoms with E-state index in [4.69, 9.17) is 9.47 Å². The van der Waals surface area contributed by atoms with Crippen molar-refractivity contribution >= 4 is 27.7 Å². The summed E-state index contributed by atoms with van der Waals surface area (Å²) in [4.78, 5) is 30.2. The molecule has 1 aromatic heterocycles. The summed E-state index contributed by atoms with van der Waals surface area (Å²) in [6.45, 7) is 3.04. The number of hydrogen-bond acceptors (Lipinski definition) is 7. The molecule has 0 radical (unpaired) electrons. The monoisotopic (exact) mass is 420 g/mol. The first-order chi connectivity index (χ1) is 13.6. The van der Waals surface area contributed by atoms with E-state index >= 15 is 0 Å². The number of sulfone groups is 1. The van der Waals surface area contributed by atoms with Crippen LogP contribution in [0, 0.1) is 17.8 Å². The molecule has 1 amide bonds. The van der Waals surface area contributed by atoms with Gasteiger partial charge in [0.25, 0.3) is 0 Å². The number of aromatic nitrogens is 1. The number of esters is 1. The number of nitrogens with zero attached hydrogens (tertiary/aromatic N) is 2. The summed E-state index contributed by atoms with van der Waals surface area (Å²) < 4.78 is 33.0. The van der Waals surface area contributed by atoms with Crippen molar-refractivity contribution in [2.75, 3.05) is 24.3 Å². The fourth-order valence-electron chi connectivity index (χ4n) is 2.95. The highest BCUT2D eigenvalue weighted by atomic mass is 32.2. The maximum absolute atomic E-state index is 12.3. The normalized spacial score (nSPS) is 21.0. The first kappa shape index (κ1) is 21.1. The van der Waals surface area contributed by atoms with Gasteiger partial charge in [-0.05, 0) is 38.8 Å². The van der Waals surface area contributed by atoms with Crippen molar-refractivity contribution in [1.29, 1.82) is 0 Å². The Kier molecular flexibility index (Phi) is 5.85. The van der Waals surface area contributed by atoms with Crippen molar-refractivity contribution < 1.29 is 27.5 Å². The summed E-state index contributed by atoms with van der Waals surface area (Å²) in [5.74, 6) is 6.20. The third-order valence-electron chi connectivity index (χ3n) is 5.04. The number of amides is 1. The van der Waals surface area contributed by atoms with Crippen LogP contribution in [0.1, 0.15) is 38.7 Å². The number of carbonyl (C=O) groups is 2. The lowest BCUT2D eigenvalue weighted by molar-refractivity contribution is -0.146. The summed E-state index contributed by atoms with van der Waals surface area (Å²) in [5.41, 5.74) is 0.761. The van der Waals surface area contributed by atoms with Crippen LogP contribution in [-0.4, -0.2) is 55.7 Å². The van der Waals surface area contributed by atoms with Gasteiger partial charge in [-0.3, -0.25) is 9.69 Å². The largest absolute Gasteiger partial charge is 0.465 e. The van der Waals surface area contributed by atoms with E-state index in [0.717, 1.165) is 24.7 Å². The average Bonchev–Trinajstić information content (AvgIpc) is 3.42. The van der Waals surface area contributed by atoms with Gasteiger partial charge in [-0.2, -0.15) is 0 Å². The SMILES string of the molecule is CCOC(=O)C(C)(C[C@H]1CN(c2ccc(C#CC3CC3)cn2)C(=O)O1)S(C)(=O)=O. The van der Waals surface area contributed by atoms with Gasteiger partial charge < -0.3 is 9.47 Å². The molecule has 0 bridgehead atoms. The first-order valence-electron chi connectivity index (χ1n) is 9.46. The van der Waals surface area contributed by atoms with Gasteiger partial charge in [0.05, 0.1) is 13.2 Å². The molecule has 29 heavy (non-hydrogen) atoms. The van der Waals surface area contributed by atoms with Crippen molar-refractivity contribution in [2.45, 2.75) is 44.0 Å². The second kappa shape index (κ2) is 8.03. The van der Waals surface area contributed by atoms with Crippen molar-refractivity contribution in [1.82, 2.24) is 4.98 Å². The minimum Gasteiger partial charge on any atom is -0.465 e. The number of cyclic esters (lactones) is 1. The number of rotatable bonds is 6. The Labute approximate surface area is 170 Å². The molecule has 0 spiro atoms. The molecule has 156 valence electrons. The lowest BCUT2D eigenvalue weighted by atomic mass is 10.0. The summed E-state index contributed by atoms with van der Waals surface area (Å²) in [5, 5.41) is 0. The van der Waals surface area contributed by atoms with Gasteiger partial charge >= 0.3 is 12.1 Å². The minimum absolute atomic E-state index is 0.0560. The molecule has 1 saturated heterocycles. The molecular formula is C20H24N2O6S. The van der Waals surface area contributed by atoms with E-state index in [1.807, 2.05) is 0 Å². The van der Waals surface area contributed by atoms with Crippen LogP contribution >= 0.6 is 0 Å². The molecule has 1 unspecified atom stereocenters. The number of ether oxygens (including phenoxy) is 2.